The molecule has 2 aliphatic rings. The highest BCUT2D eigenvalue weighted by atomic mass is 16.5. The molecular weight excluding hydrogens is 390 g/mol. The number of benzene rings is 1. The molecule has 1 aromatic carbocycles. The number of rotatable bonds is 10. The average molecular weight is 432 g/mol. The Labute approximate surface area is 187 Å². The van der Waals surface area contributed by atoms with E-state index in [9.17, 15) is 5.11 Å². The quantitative estimate of drug-likeness (QED) is 0.298. The molecule has 31 heavy (non-hydrogen) atoms. The Kier molecular flexibility index (Phi) is 9.58. The van der Waals surface area contributed by atoms with Crippen LogP contribution in [0.15, 0.2) is 35.3 Å². The minimum Gasteiger partial charge on any atom is -0.396 e. The fourth-order valence-corrected chi connectivity index (χ4v) is 4.58. The number of likely N-dealkylation sites (N-methyl/N-ethyl adjacent to an activating group) is 1. The van der Waals surface area contributed by atoms with Crippen molar-refractivity contribution in [1.82, 2.24) is 20.4 Å². The van der Waals surface area contributed by atoms with Crippen LogP contribution < -0.4 is 10.6 Å². The van der Waals surface area contributed by atoms with Gasteiger partial charge in [-0.25, -0.2) is 0 Å². The monoisotopic (exact) mass is 431 g/mol. The van der Waals surface area contributed by atoms with E-state index in [0.717, 1.165) is 71.1 Å². The van der Waals surface area contributed by atoms with E-state index in [1.165, 1.54) is 5.56 Å². The fourth-order valence-electron chi connectivity index (χ4n) is 4.58. The molecule has 174 valence electrons. The summed E-state index contributed by atoms with van der Waals surface area (Å²) in [6.45, 7) is 10.5. The fraction of sp³-hybridized carbons (Fsp3) is 0.708. The summed E-state index contributed by atoms with van der Waals surface area (Å²) in [4.78, 5) is 9.87. The van der Waals surface area contributed by atoms with E-state index in [1.807, 2.05) is 0 Å². The largest absolute Gasteiger partial charge is 0.396 e. The van der Waals surface area contributed by atoms with Gasteiger partial charge in [0.05, 0.1) is 13.2 Å². The van der Waals surface area contributed by atoms with Gasteiger partial charge in [0.15, 0.2) is 5.96 Å². The zero-order valence-electron chi connectivity index (χ0n) is 19.4. The van der Waals surface area contributed by atoms with Gasteiger partial charge in [0, 0.05) is 63.9 Å². The molecule has 2 heterocycles. The Hall–Kier alpha value is -1.67. The van der Waals surface area contributed by atoms with Crippen molar-refractivity contribution in [2.45, 2.75) is 32.2 Å². The summed E-state index contributed by atoms with van der Waals surface area (Å²) < 4.78 is 5.59. The molecule has 1 aromatic rings. The molecule has 7 heteroatoms. The van der Waals surface area contributed by atoms with Gasteiger partial charge in [-0.05, 0) is 38.8 Å². The molecule has 2 saturated heterocycles. The van der Waals surface area contributed by atoms with E-state index in [1.54, 1.807) is 0 Å². The minimum atomic E-state index is -0.0141. The van der Waals surface area contributed by atoms with Crippen LogP contribution in [0.25, 0.3) is 0 Å². The van der Waals surface area contributed by atoms with E-state index in [0.29, 0.717) is 19.2 Å². The summed E-state index contributed by atoms with van der Waals surface area (Å²) in [5.41, 5.74) is 1.39. The first-order valence-corrected chi connectivity index (χ1v) is 11.8. The van der Waals surface area contributed by atoms with Gasteiger partial charge in [-0.15, -0.1) is 0 Å². The Morgan fingerprint density at radius 2 is 2.10 bits per heavy atom. The van der Waals surface area contributed by atoms with Crippen molar-refractivity contribution in [3.05, 3.63) is 35.9 Å². The lowest BCUT2D eigenvalue weighted by Crippen LogP contribution is -2.47. The first kappa shape index (κ1) is 24.0. The van der Waals surface area contributed by atoms with Crippen molar-refractivity contribution in [2.24, 2.45) is 10.4 Å². The van der Waals surface area contributed by atoms with Gasteiger partial charge in [0.1, 0.15) is 0 Å². The molecule has 2 unspecified atom stereocenters. The molecule has 0 aromatic heterocycles. The molecule has 2 aliphatic heterocycles. The molecule has 0 amide bonds. The second-order valence-corrected chi connectivity index (χ2v) is 8.98. The van der Waals surface area contributed by atoms with Crippen LogP contribution in [0.3, 0.4) is 0 Å². The van der Waals surface area contributed by atoms with Crippen LogP contribution in [-0.4, -0.2) is 93.5 Å². The Bertz CT molecular complexity index is 663. The SMILES string of the molecule is CCNC(=NCC1(CCO)CCOC1)NCCCN1CCN(C)CC1c1ccccc1. The second kappa shape index (κ2) is 12.4. The molecular formula is C24H41N5O2. The Morgan fingerprint density at radius 3 is 2.81 bits per heavy atom. The van der Waals surface area contributed by atoms with Gasteiger partial charge in [-0.1, -0.05) is 30.3 Å². The lowest BCUT2D eigenvalue weighted by molar-refractivity contribution is 0.0891. The number of aliphatic hydroxyl groups is 1. The van der Waals surface area contributed by atoms with Gasteiger partial charge >= 0.3 is 0 Å². The third-order valence-corrected chi connectivity index (χ3v) is 6.54. The lowest BCUT2D eigenvalue weighted by atomic mass is 9.84. The predicted molar refractivity (Wildman–Crippen MR) is 126 cm³/mol. The Morgan fingerprint density at radius 1 is 1.26 bits per heavy atom. The van der Waals surface area contributed by atoms with Crippen LogP contribution in [-0.2, 0) is 4.74 Å². The molecule has 3 N–H and O–H groups in total. The minimum absolute atomic E-state index is 0.0141. The number of hydrogen-bond acceptors (Lipinski definition) is 5. The van der Waals surface area contributed by atoms with Crippen LogP contribution in [0.4, 0.5) is 0 Å². The molecule has 0 bridgehead atoms. The van der Waals surface area contributed by atoms with Crippen molar-refractivity contribution in [2.75, 3.05) is 72.7 Å². The van der Waals surface area contributed by atoms with Crippen LogP contribution in [0, 0.1) is 5.41 Å². The van der Waals surface area contributed by atoms with Gasteiger partial charge in [-0.3, -0.25) is 9.89 Å². The van der Waals surface area contributed by atoms with Gasteiger partial charge < -0.3 is 25.4 Å². The third kappa shape index (κ3) is 7.17. The number of aliphatic hydroxyl groups excluding tert-OH is 1. The standard InChI is InChI=1S/C24H41N5O2/c1-3-25-23(27-19-24(10-16-30)11-17-31-20-24)26-12-7-13-29-15-14-28(2)18-22(29)21-8-5-4-6-9-21/h4-6,8-9,22,30H,3,7,10-20H2,1-2H3,(H2,25,26,27). The van der Waals surface area contributed by atoms with E-state index < -0.39 is 0 Å². The number of hydrogen-bond donors (Lipinski definition) is 3. The van der Waals surface area contributed by atoms with E-state index in [4.69, 9.17) is 9.73 Å². The van der Waals surface area contributed by atoms with E-state index in [-0.39, 0.29) is 12.0 Å². The van der Waals surface area contributed by atoms with Crippen molar-refractivity contribution < 1.29 is 9.84 Å². The summed E-state index contributed by atoms with van der Waals surface area (Å²) in [6.07, 6.45) is 2.79. The van der Waals surface area contributed by atoms with Crippen LogP contribution in [0.1, 0.15) is 37.8 Å². The van der Waals surface area contributed by atoms with E-state index in [2.05, 4.69) is 64.7 Å². The summed E-state index contributed by atoms with van der Waals surface area (Å²) >= 11 is 0. The zero-order chi connectivity index (χ0) is 21.9. The number of piperazine rings is 1. The highest BCUT2D eigenvalue weighted by Crippen LogP contribution is 2.32. The molecule has 2 fully saturated rings. The predicted octanol–water partition coefficient (Wildman–Crippen LogP) is 1.71. The maximum atomic E-state index is 9.43. The maximum absolute atomic E-state index is 9.43. The van der Waals surface area contributed by atoms with Crippen molar-refractivity contribution in [1.29, 1.82) is 0 Å². The van der Waals surface area contributed by atoms with Gasteiger partial charge in [-0.2, -0.15) is 0 Å². The summed E-state index contributed by atoms with van der Waals surface area (Å²) in [6, 6.07) is 11.3. The molecule has 2 atom stereocenters. The summed E-state index contributed by atoms with van der Waals surface area (Å²) in [7, 11) is 2.22. The summed E-state index contributed by atoms with van der Waals surface area (Å²) in [5.74, 6) is 0.865. The van der Waals surface area contributed by atoms with Crippen molar-refractivity contribution >= 4 is 5.96 Å². The molecule has 7 nitrogen and oxygen atoms in total. The molecule has 0 aliphatic carbocycles. The van der Waals surface area contributed by atoms with Crippen LogP contribution in [0.2, 0.25) is 0 Å². The van der Waals surface area contributed by atoms with Crippen LogP contribution >= 0.6 is 0 Å². The van der Waals surface area contributed by atoms with Crippen LogP contribution in [0.5, 0.6) is 0 Å². The topological polar surface area (TPSA) is 72.4 Å². The number of nitrogens with zero attached hydrogens (tertiary/aromatic N) is 3. The van der Waals surface area contributed by atoms with Gasteiger partial charge in [0.2, 0.25) is 0 Å². The highest BCUT2D eigenvalue weighted by Gasteiger charge is 2.34. The summed E-state index contributed by atoms with van der Waals surface area (Å²) in [5, 5.41) is 16.3. The lowest BCUT2D eigenvalue weighted by Gasteiger charge is -2.40. The zero-order valence-corrected chi connectivity index (χ0v) is 19.4. The maximum Gasteiger partial charge on any atom is 0.191 e. The Balaban J connectivity index is 1.49. The molecule has 3 rings (SSSR count). The number of aliphatic imine (C=N–C) groups is 1. The number of ether oxygens (including phenoxy) is 1. The highest BCUT2D eigenvalue weighted by molar-refractivity contribution is 5.79. The molecule has 0 spiro atoms. The van der Waals surface area contributed by atoms with Crippen molar-refractivity contribution in [3.8, 4) is 0 Å². The second-order valence-electron chi connectivity index (χ2n) is 8.98. The third-order valence-electron chi connectivity index (χ3n) is 6.54. The molecule has 0 radical (unpaired) electrons. The smallest absolute Gasteiger partial charge is 0.191 e. The van der Waals surface area contributed by atoms with Gasteiger partial charge in [0.25, 0.3) is 0 Å². The van der Waals surface area contributed by atoms with Crippen molar-refractivity contribution in [3.63, 3.8) is 0 Å². The first-order chi connectivity index (χ1) is 15.2. The number of nitrogens with one attached hydrogen (secondary N) is 2. The normalized spacial score (nSPS) is 25.6. The first-order valence-electron chi connectivity index (χ1n) is 11.8. The average Bonchev–Trinajstić information content (AvgIpc) is 3.25. The molecule has 0 saturated carbocycles. The number of guanidine groups is 1. The van der Waals surface area contributed by atoms with E-state index >= 15 is 0 Å².